The van der Waals surface area contributed by atoms with E-state index in [4.69, 9.17) is 4.74 Å². The Morgan fingerprint density at radius 2 is 2.05 bits per heavy atom. The topological polar surface area (TPSA) is 24.5 Å². The lowest BCUT2D eigenvalue weighted by atomic mass is 9.94. The normalized spacial score (nSPS) is 28.9. The number of rotatable bonds is 3. The molecule has 0 radical (unpaired) electrons. The zero-order chi connectivity index (χ0) is 13.2. The van der Waals surface area contributed by atoms with Crippen molar-refractivity contribution in [2.24, 2.45) is 5.92 Å². The maximum atomic E-state index is 5.23. The summed E-state index contributed by atoms with van der Waals surface area (Å²) in [6.07, 6.45) is 2.73. The molecule has 0 aliphatic carbocycles. The van der Waals surface area contributed by atoms with Crippen LogP contribution in [0.15, 0.2) is 24.3 Å². The van der Waals surface area contributed by atoms with E-state index in [2.05, 4.69) is 41.4 Å². The Morgan fingerprint density at radius 3 is 2.74 bits per heavy atom. The van der Waals surface area contributed by atoms with Gasteiger partial charge in [-0.15, -0.1) is 0 Å². The Morgan fingerprint density at radius 1 is 1.26 bits per heavy atom. The first-order valence-corrected chi connectivity index (χ1v) is 7.39. The van der Waals surface area contributed by atoms with E-state index in [1.807, 2.05) is 0 Å². The molecule has 0 amide bonds. The molecule has 2 fully saturated rings. The molecule has 3 nitrogen and oxygen atoms in total. The molecule has 3 unspecified atom stereocenters. The van der Waals surface area contributed by atoms with Crippen molar-refractivity contribution >= 4 is 0 Å². The van der Waals surface area contributed by atoms with Crippen LogP contribution < -0.4 is 10.1 Å². The zero-order valence-corrected chi connectivity index (χ0v) is 11.9. The molecule has 0 spiro atoms. The third-order valence-corrected chi connectivity index (χ3v) is 4.77. The number of ether oxygens (including phenoxy) is 1. The number of methoxy groups -OCH3 is 1. The van der Waals surface area contributed by atoms with Crippen LogP contribution in [0.3, 0.4) is 0 Å². The van der Waals surface area contributed by atoms with Crippen LogP contribution in [0.5, 0.6) is 5.75 Å². The van der Waals surface area contributed by atoms with Crippen LogP contribution in [0, 0.1) is 5.92 Å². The van der Waals surface area contributed by atoms with Crippen molar-refractivity contribution in [2.45, 2.75) is 31.8 Å². The van der Waals surface area contributed by atoms with E-state index in [1.54, 1.807) is 7.11 Å². The molecule has 0 saturated carbocycles. The van der Waals surface area contributed by atoms with Crippen LogP contribution in [-0.2, 0) is 0 Å². The van der Waals surface area contributed by atoms with E-state index >= 15 is 0 Å². The largest absolute Gasteiger partial charge is 0.497 e. The van der Waals surface area contributed by atoms with Gasteiger partial charge in [-0.1, -0.05) is 12.1 Å². The highest BCUT2D eigenvalue weighted by molar-refractivity contribution is 5.29. The lowest BCUT2D eigenvalue weighted by molar-refractivity contribution is 0.250. The highest BCUT2D eigenvalue weighted by Gasteiger charge is 2.36. The summed E-state index contributed by atoms with van der Waals surface area (Å²) in [4.78, 5) is 2.62. The standard InChI is InChI=1S/C16H24N2O/c1-12(13-5-7-15(19-2)8-6-13)18-10-14-4-3-9-17-16(14)11-18/h5-8,12,14,16-17H,3-4,9-11H2,1-2H3. The summed E-state index contributed by atoms with van der Waals surface area (Å²) in [6, 6.07) is 9.73. The predicted molar refractivity (Wildman–Crippen MR) is 77.5 cm³/mol. The molecule has 2 aliphatic rings. The molecular formula is C16H24N2O. The maximum Gasteiger partial charge on any atom is 0.118 e. The van der Waals surface area contributed by atoms with Crippen LogP contribution >= 0.6 is 0 Å². The zero-order valence-electron chi connectivity index (χ0n) is 11.9. The molecule has 2 heterocycles. The van der Waals surface area contributed by atoms with E-state index in [1.165, 1.54) is 38.0 Å². The Bertz CT molecular complexity index is 403. The van der Waals surface area contributed by atoms with Gasteiger partial charge in [0.2, 0.25) is 0 Å². The highest BCUT2D eigenvalue weighted by Crippen LogP contribution is 2.31. The first-order valence-electron chi connectivity index (χ1n) is 7.39. The van der Waals surface area contributed by atoms with Crippen molar-refractivity contribution in [1.82, 2.24) is 10.2 Å². The number of benzene rings is 1. The molecule has 1 aromatic carbocycles. The van der Waals surface area contributed by atoms with Gasteiger partial charge in [0.15, 0.2) is 0 Å². The van der Waals surface area contributed by atoms with Gasteiger partial charge in [-0.2, -0.15) is 0 Å². The lowest BCUT2D eigenvalue weighted by Crippen LogP contribution is -2.40. The van der Waals surface area contributed by atoms with Gasteiger partial charge in [0, 0.05) is 25.2 Å². The van der Waals surface area contributed by atoms with Crippen molar-refractivity contribution in [3.8, 4) is 5.75 Å². The summed E-state index contributed by atoms with van der Waals surface area (Å²) in [5.74, 6) is 1.79. The van der Waals surface area contributed by atoms with E-state index in [9.17, 15) is 0 Å². The number of hydrogen-bond acceptors (Lipinski definition) is 3. The van der Waals surface area contributed by atoms with Crippen LogP contribution in [0.4, 0.5) is 0 Å². The maximum absolute atomic E-state index is 5.23. The summed E-state index contributed by atoms with van der Waals surface area (Å²) < 4.78 is 5.23. The monoisotopic (exact) mass is 260 g/mol. The summed E-state index contributed by atoms with van der Waals surface area (Å²) in [5, 5.41) is 3.67. The quantitative estimate of drug-likeness (QED) is 0.903. The first kappa shape index (κ1) is 12.9. The Kier molecular flexibility index (Phi) is 3.76. The summed E-state index contributed by atoms with van der Waals surface area (Å²) in [5.41, 5.74) is 1.39. The summed E-state index contributed by atoms with van der Waals surface area (Å²) in [7, 11) is 1.72. The fourth-order valence-corrected chi connectivity index (χ4v) is 3.49. The van der Waals surface area contributed by atoms with Gasteiger partial charge in [-0.3, -0.25) is 4.90 Å². The summed E-state index contributed by atoms with van der Waals surface area (Å²) in [6.45, 7) is 5.95. The van der Waals surface area contributed by atoms with Crippen LogP contribution in [0.25, 0.3) is 0 Å². The van der Waals surface area contributed by atoms with Gasteiger partial charge < -0.3 is 10.1 Å². The van der Waals surface area contributed by atoms with Gasteiger partial charge in [0.05, 0.1) is 7.11 Å². The van der Waals surface area contributed by atoms with Crippen molar-refractivity contribution < 1.29 is 4.74 Å². The first-order chi connectivity index (χ1) is 9.28. The number of hydrogen-bond donors (Lipinski definition) is 1. The fourth-order valence-electron chi connectivity index (χ4n) is 3.49. The molecular weight excluding hydrogens is 236 g/mol. The fraction of sp³-hybridized carbons (Fsp3) is 0.625. The Balaban J connectivity index is 1.68. The second-order valence-electron chi connectivity index (χ2n) is 5.87. The predicted octanol–water partition coefficient (Wildman–Crippen LogP) is 2.44. The average molecular weight is 260 g/mol. The second kappa shape index (κ2) is 5.51. The number of likely N-dealkylation sites (tertiary alicyclic amines) is 1. The van der Waals surface area contributed by atoms with Gasteiger partial charge in [0.1, 0.15) is 5.75 Å². The number of nitrogens with one attached hydrogen (secondary N) is 1. The third kappa shape index (κ3) is 2.63. The van der Waals surface area contributed by atoms with Crippen LogP contribution in [0.1, 0.15) is 31.4 Å². The van der Waals surface area contributed by atoms with Gasteiger partial charge >= 0.3 is 0 Å². The van der Waals surface area contributed by atoms with Gasteiger partial charge in [-0.05, 0) is 49.9 Å². The molecule has 104 valence electrons. The van der Waals surface area contributed by atoms with E-state index < -0.39 is 0 Å². The minimum atomic E-state index is 0.498. The molecule has 2 aliphatic heterocycles. The Labute approximate surface area is 115 Å². The number of piperidine rings is 1. The van der Waals surface area contributed by atoms with Crippen LogP contribution in [0.2, 0.25) is 0 Å². The van der Waals surface area contributed by atoms with Crippen molar-refractivity contribution in [1.29, 1.82) is 0 Å². The summed E-state index contributed by atoms with van der Waals surface area (Å²) >= 11 is 0. The smallest absolute Gasteiger partial charge is 0.118 e. The molecule has 2 saturated heterocycles. The van der Waals surface area contributed by atoms with E-state index in [-0.39, 0.29) is 0 Å². The molecule has 3 heteroatoms. The lowest BCUT2D eigenvalue weighted by Gasteiger charge is -2.25. The number of fused-ring (bicyclic) bond motifs is 1. The molecule has 3 atom stereocenters. The van der Waals surface area contributed by atoms with Crippen LogP contribution in [-0.4, -0.2) is 37.7 Å². The molecule has 3 rings (SSSR count). The third-order valence-electron chi connectivity index (χ3n) is 4.77. The highest BCUT2D eigenvalue weighted by atomic mass is 16.5. The molecule has 19 heavy (non-hydrogen) atoms. The minimum Gasteiger partial charge on any atom is -0.497 e. The van der Waals surface area contributed by atoms with E-state index in [0.717, 1.165) is 17.7 Å². The molecule has 0 aromatic heterocycles. The van der Waals surface area contributed by atoms with E-state index in [0.29, 0.717) is 6.04 Å². The average Bonchev–Trinajstić information content (AvgIpc) is 2.90. The van der Waals surface area contributed by atoms with Crippen molar-refractivity contribution in [3.63, 3.8) is 0 Å². The Hall–Kier alpha value is -1.06. The van der Waals surface area contributed by atoms with Gasteiger partial charge in [-0.25, -0.2) is 0 Å². The van der Waals surface area contributed by atoms with Gasteiger partial charge in [0.25, 0.3) is 0 Å². The molecule has 0 bridgehead atoms. The van der Waals surface area contributed by atoms with Crippen molar-refractivity contribution in [2.75, 3.05) is 26.7 Å². The minimum absolute atomic E-state index is 0.498. The molecule has 1 aromatic rings. The number of nitrogens with zero attached hydrogens (tertiary/aromatic N) is 1. The van der Waals surface area contributed by atoms with Crippen molar-refractivity contribution in [3.05, 3.63) is 29.8 Å². The SMILES string of the molecule is COc1ccc(C(C)N2CC3CCCNC3C2)cc1. The second-order valence-corrected chi connectivity index (χ2v) is 5.87. The molecule has 1 N–H and O–H groups in total.